The molecule has 0 saturated carbocycles. The van der Waals surface area contributed by atoms with Gasteiger partial charge in [0.2, 0.25) is 11.1 Å². The molecule has 8 heteroatoms. The number of carbonyl (C=O) groups excluding carboxylic acids is 1. The summed E-state index contributed by atoms with van der Waals surface area (Å²) < 4.78 is 13.3. The van der Waals surface area contributed by atoms with E-state index in [9.17, 15) is 9.18 Å². The smallest absolute Gasteiger partial charge is 0.230 e. The first kappa shape index (κ1) is 14.7. The van der Waals surface area contributed by atoms with E-state index in [0.717, 1.165) is 11.9 Å². The number of nitrogens with one attached hydrogen (secondary N) is 2. The lowest BCUT2D eigenvalue weighted by Gasteiger charge is -2.01. The Morgan fingerprint density at radius 1 is 1.41 bits per heavy atom. The molecule has 22 heavy (non-hydrogen) atoms. The molecule has 3 aromatic rings. The Morgan fingerprint density at radius 2 is 2.27 bits per heavy atom. The molecule has 1 aromatic carbocycles. The van der Waals surface area contributed by atoms with Gasteiger partial charge in [-0.1, -0.05) is 18.7 Å². The first-order valence-electron chi connectivity index (χ1n) is 6.88. The molecule has 0 aliphatic heterocycles. The number of carbonyl (C=O) groups is 1. The van der Waals surface area contributed by atoms with Crippen LogP contribution in [0.2, 0.25) is 0 Å². The lowest BCUT2D eigenvalue weighted by molar-refractivity contribution is -0.118. The zero-order chi connectivity index (χ0) is 15.5. The Morgan fingerprint density at radius 3 is 3.09 bits per heavy atom. The average molecular weight is 319 g/mol. The Balaban J connectivity index is 1.81. The highest BCUT2D eigenvalue weighted by atomic mass is 32.2. The van der Waals surface area contributed by atoms with Gasteiger partial charge in [-0.2, -0.15) is 0 Å². The first-order chi connectivity index (χ1) is 10.7. The number of nitrogens with zero attached hydrogens (tertiary/aromatic N) is 3. The van der Waals surface area contributed by atoms with Gasteiger partial charge in [-0.25, -0.2) is 9.37 Å². The van der Waals surface area contributed by atoms with Crippen molar-refractivity contribution in [1.29, 1.82) is 0 Å². The highest BCUT2D eigenvalue weighted by molar-refractivity contribution is 7.99. The highest BCUT2D eigenvalue weighted by Gasteiger charge is 2.11. The molecular formula is C14H14FN5OS. The number of benzene rings is 1. The van der Waals surface area contributed by atoms with Gasteiger partial charge in [-0.3, -0.25) is 4.79 Å². The van der Waals surface area contributed by atoms with Crippen LogP contribution in [-0.4, -0.2) is 38.4 Å². The molecule has 6 nitrogen and oxygen atoms in total. The number of H-pyrrole nitrogens is 1. The van der Waals surface area contributed by atoms with Gasteiger partial charge in [0.15, 0.2) is 5.65 Å². The van der Waals surface area contributed by atoms with Crippen molar-refractivity contribution in [1.82, 2.24) is 25.5 Å². The maximum Gasteiger partial charge on any atom is 0.230 e. The molecule has 1 amide bonds. The van der Waals surface area contributed by atoms with Gasteiger partial charge in [0, 0.05) is 17.4 Å². The lowest BCUT2D eigenvalue weighted by Crippen LogP contribution is -2.25. The minimum Gasteiger partial charge on any atom is -0.355 e. The molecular weight excluding hydrogens is 305 g/mol. The number of fused-ring (bicyclic) bond motifs is 3. The molecule has 0 spiro atoms. The number of hydrogen-bond donors (Lipinski definition) is 2. The number of aromatic nitrogens is 4. The van der Waals surface area contributed by atoms with E-state index in [2.05, 4.69) is 25.5 Å². The van der Waals surface area contributed by atoms with Gasteiger partial charge < -0.3 is 10.3 Å². The molecule has 0 fully saturated rings. The van der Waals surface area contributed by atoms with Crippen molar-refractivity contribution < 1.29 is 9.18 Å². The minimum absolute atomic E-state index is 0.0609. The van der Waals surface area contributed by atoms with E-state index >= 15 is 0 Å². The van der Waals surface area contributed by atoms with Crippen molar-refractivity contribution >= 4 is 39.7 Å². The van der Waals surface area contributed by atoms with Crippen LogP contribution in [0.15, 0.2) is 23.4 Å². The van der Waals surface area contributed by atoms with Crippen molar-refractivity contribution in [3.05, 3.63) is 24.0 Å². The van der Waals surface area contributed by atoms with Crippen LogP contribution in [0.3, 0.4) is 0 Å². The topological polar surface area (TPSA) is 83.6 Å². The quantitative estimate of drug-likeness (QED) is 0.705. The molecule has 0 saturated heterocycles. The molecule has 0 radical (unpaired) electrons. The largest absolute Gasteiger partial charge is 0.355 e. The summed E-state index contributed by atoms with van der Waals surface area (Å²) in [7, 11) is 0. The standard InChI is InChI=1S/C14H14FN5OS/c1-2-5-16-11(21)7-22-14-18-13-12(19-20-14)9-6-8(15)3-4-10(9)17-13/h3-4,6H,2,5,7H2,1H3,(H,16,21)(H,17,18,20). The van der Waals surface area contributed by atoms with Crippen LogP contribution in [0, 0.1) is 5.82 Å². The zero-order valence-corrected chi connectivity index (χ0v) is 12.7. The Bertz CT molecular complexity index is 835. The van der Waals surface area contributed by atoms with E-state index in [1.165, 1.54) is 23.9 Å². The molecule has 0 aliphatic rings. The van der Waals surface area contributed by atoms with Crippen LogP contribution in [0.1, 0.15) is 13.3 Å². The predicted molar refractivity (Wildman–Crippen MR) is 83.2 cm³/mol. The third-order valence-electron chi connectivity index (χ3n) is 3.06. The maximum atomic E-state index is 13.3. The Kier molecular flexibility index (Phi) is 4.19. The fourth-order valence-corrected chi connectivity index (χ4v) is 2.65. The van der Waals surface area contributed by atoms with Crippen molar-refractivity contribution in [2.45, 2.75) is 18.5 Å². The summed E-state index contributed by atoms with van der Waals surface area (Å²) in [6.45, 7) is 2.65. The average Bonchev–Trinajstić information content (AvgIpc) is 2.88. The van der Waals surface area contributed by atoms with Crippen molar-refractivity contribution in [2.24, 2.45) is 0 Å². The second-order valence-electron chi connectivity index (χ2n) is 4.75. The van der Waals surface area contributed by atoms with Gasteiger partial charge in [-0.05, 0) is 24.6 Å². The molecule has 3 rings (SSSR count). The molecule has 0 aliphatic carbocycles. The number of halogens is 1. The highest BCUT2D eigenvalue weighted by Crippen LogP contribution is 2.24. The van der Waals surface area contributed by atoms with Gasteiger partial charge in [0.05, 0.1) is 5.75 Å². The summed E-state index contributed by atoms with van der Waals surface area (Å²) in [4.78, 5) is 19.0. The zero-order valence-electron chi connectivity index (χ0n) is 11.9. The molecule has 0 unspecified atom stereocenters. The predicted octanol–water partition coefficient (Wildman–Crippen LogP) is 2.26. The monoisotopic (exact) mass is 319 g/mol. The maximum absolute atomic E-state index is 13.3. The van der Waals surface area contributed by atoms with Crippen LogP contribution in [0.25, 0.3) is 22.1 Å². The number of thioether (sulfide) groups is 1. The van der Waals surface area contributed by atoms with Gasteiger partial charge in [0.1, 0.15) is 11.3 Å². The number of rotatable bonds is 5. The van der Waals surface area contributed by atoms with E-state index in [0.29, 0.717) is 28.3 Å². The number of aromatic amines is 1. The van der Waals surface area contributed by atoms with Crippen LogP contribution in [0.5, 0.6) is 0 Å². The summed E-state index contributed by atoms with van der Waals surface area (Å²) in [5.41, 5.74) is 1.81. The molecule has 2 aromatic heterocycles. The van der Waals surface area contributed by atoms with Crippen LogP contribution in [0.4, 0.5) is 4.39 Å². The Hall–Kier alpha value is -2.22. The summed E-state index contributed by atoms with van der Waals surface area (Å²) in [5.74, 6) is -0.155. The molecule has 114 valence electrons. The van der Waals surface area contributed by atoms with Gasteiger partial charge >= 0.3 is 0 Å². The van der Waals surface area contributed by atoms with Crippen molar-refractivity contribution in [2.75, 3.05) is 12.3 Å². The summed E-state index contributed by atoms with van der Waals surface area (Å²) >= 11 is 1.22. The Labute approximate surface area is 129 Å². The second-order valence-corrected chi connectivity index (χ2v) is 5.69. The third-order valence-corrected chi connectivity index (χ3v) is 3.90. The molecule has 0 atom stereocenters. The van der Waals surface area contributed by atoms with Crippen LogP contribution in [-0.2, 0) is 4.79 Å². The summed E-state index contributed by atoms with van der Waals surface area (Å²) in [5, 5.41) is 11.9. The van der Waals surface area contributed by atoms with E-state index in [1.54, 1.807) is 6.07 Å². The van der Waals surface area contributed by atoms with E-state index in [1.807, 2.05) is 6.92 Å². The van der Waals surface area contributed by atoms with E-state index in [-0.39, 0.29) is 17.5 Å². The van der Waals surface area contributed by atoms with Crippen LogP contribution >= 0.6 is 11.8 Å². The fourth-order valence-electron chi connectivity index (χ4n) is 2.04. The number of hydrogen-bond acceptors (Lipinski definition) is 5. The van der Waals surface area contributed by atoms with E-state index < -0.39 is 0 Å². The lowest BCUT2D eigenvalue weighted by atomic mass is 10.2. The van der Waals surface area contributed by atoms with E-state index in [4.69, 9.17) is 0 Å². The summed E-state index contributed by atoms with van der Waals surface area (Å²) in [6, 6.07) is 4.41. The molecule has 2 heterocycles. The van der Waals surface area contributed by atoms with Crippen molar-refractivity contribution in [3.63, 3.8) is 0 Å². The molecule has 2 N–H and O–H groups in total. The second kappa shape index (κ2) is 6.27. The summed E-state index contributed by atoms with van der Waals surface area (Å²) in [6.07, 6.45) is 0.895. The van der Waals surface area contributed by atoms with Gasteiger partial charge in [-0.15, -0.1) is 10.2 Å². The minimum atomic E-state index is -0.332. The van der Waals surface area contributed by atoms with Crippen LogP contribution < -0.4 is 5.32 Å². The normalized spacial score (nSPS) is 11.2. The fraction of sp³-hybridized carbons (Fsp3) is 0.286. The van der Waals surface area contributed by atoms with Crippen molar-refractivity contribution in [3.8, 4) is 0 Å². The number of amides is 1. The first-order valence-corrected chi connectivity index (χ1v) is 7.87. The SMILES string of the molecule is CCCNC(=O)CSc1nnc2c(n1)[nH]c1ccc(F)cc12. The third kappa shape index (κ3) is 3.01. The molecule has 0 bridgehead atoms. The van der Waals surface area contributed by atoms with Gasteiger partial charge in [0.25, 0.3) is 0 Å².